The highest BCUT2D eigenvalue weighted by Gasteiger charge is 2.11. The summed E-state index contributed by atoms with van der Waals surface area (Å²) in [6.07, 6.45) is 1.42. The number of anilines is 3. The predicted octanol–water partition coefficient (Wildman–Crippen LogP) is 7.61. The highest BCUT2D eigenvalue weighted by atomic mass is 35.5. The van der Waals surface area contributed by atoms with E-state index in [1.54, 1.807) is 30.3 Å². The highest BCUT2D eigenvalue weighted by molar-refractivity contribution is 7.14. The summed E-state index contributed by atoms with van der Waals surface area (Å²) in [6, 6.07) is 27.7. The Morgan fingerprint density at radius 2 is 1.77 bits per heavy atom. The van der Waals surface area contributed by atoms with E-state index in [0.717, 1.165) is 38.9 Å². The van der Waals surface area contributed by atoms with Crippen molar-refractivity contribution in [2.24, 2.45) is 5.10 Å². The van der Waals surface area contributed by atoms with E-state index < -0.39 is 0 Å². The molecule has 1 heterocycles. The third-order valence-corrected chi connectivity index (χ3v) is 7.32. The van der Waals surface area contributed by atoms with Crippen LogP contribution < -0.4 is 20.8 Å². The first-order valence-corrected chi connectivity index (χ1v) is 14.6. The lowest BCUT2D eigenvalue weighted by molar-refractivity contribution is -0.118. The molecular weight excluding hydrogens is 582 g/mol. The lowest BCUT2D eigenvalue weighted by Gasteiger charge is -2.12. The summed E-state index contributed by atoms with van der Waals surface area (Å²) >= 11 is 7.67. The molecule has 0 unspecified atom stereocenters. The van der Waals surface area contributed by atoms with Crippen LogP contribution >= 0.6 is 22.9 Å². The molecule has 0 aliphatic heterocycles. The number of benzene rings is 4. The fourth-order valence-electron chi connectivity index (χ4n) is 4.16. The lowest BCUT2D eigenvalue weighted by Crippen LogP contribution is -2.21. The second-order valence-corrected chi connectivity index (χ2v) is 10.9. The van der Waals surface area contributed by atoms with Crippen LogP contribution in [0.25, 0.3) is 11.3 Å². The van der Waals surface area contributed by atoms with Gasteiger partial charge in [-0.1, -0.05) is 59.6 Å². The number of para-hydroxylation sites is 1. The SMILES string of the molecule is Cc1ccc(NC(=O)COc2ccc(Cl)cc2/C=N/NC(=O)c2ccc(-c3csc(Nc4ccccc4)n3)cc2)c(C)c1. The van der Waals surface area contributed by atoms with Crippen LogP contribution in [0.15, 0.2) is 101 Å². The molecule has 0 spiro atoms. The van der Waals surface area contributed by atoms with Gasteiger partial charge in [0.2, 0.25) is 0 Å². The number of nitrogens with zero attached hydrogens (tertiary/aromatic N) is 2. The minimum atomic E-state index is -0.384. The molecule has 2 amide bonds. The molecule has 216 valence electrons. The molecule has 8 nitrogen and oxygen atoms in total. The maximum absolute atomic E-state index is 12.7. The first kappa shape index (κ1) is 29.5. The number of hydrogen-bond donors (Lipinski definition) is 3. The number of nitrogens with one attached hydrogen (secondary N) is 3. The first-order chi connectivity index (χ1) is 20.8. The van der Waals surface area contributed by atoms with Gasteiger partial charge >= 0.3 is 0 Å². The second kappa shape index (κ2) is 13.8. The van der Waals surface area contributed by atoms with Crippen LogP contribution in [0.3, 0.4) is 0 Å². The Kier molecular flexibility index (Phi) is 9.46. The minimum absolute atomic E-state index is 0.211. The number of hydrogen-bond acceptors (Lipinski definition) is 7. The third kappa shape index (κ3) is 8.06. The average molecular weight is 610 g/mol. The Labute approximate surface area is 258 Å². The minimum Gasteiger partial charge on any atom is -0.483 e. The number of hydrazone groups is 1. The summed E-state index contributed by atoms with van der Waals surface area (Å²) in [7, 11) is 0. The van der Waals surface area contributed by atoms with Gasteiger partial charge in [-0.3, -0.25) is 9.59 Å². The number of thiazole rings is 1. The smallest absolute Gasteiger partial charge is 0.271 e. The van der Waals surface area contributed by atoms with Gasteiger partial charge in [-0.15, -0.1) is 11.3 Å². The van der Waals surface area contributed by atoms with Crippen molar-refractivity contribution in [2.45, 2.75) is 13.8 Å². The molecule has 0 fully saturated rings. The van der Waals surface area contributed by atoms with Crippen molar-refractivity contribution in [3.63, 3.8) is 0 Å². The van der Waals surface area contributed by atoms with Gasteiger partial charge < -0.3 is 15.4 Å². The standard InChI is InChI=1S/C33H28ClN5O3S/c1-21-8-14-28(22(2)16-21)37-31(40)19-42-30-15-13-26(34)17-25(30)18-35-39-32(41)24-11-9-23(10-12-24)29-20-43-33(38-29)36-27-6-4-3-5-7-27/h3-18,20H,19H2,1-2H3,(H,36,38)(H,37,40)(H,39,41)/b35-18+. The Morgan fingerprint density at radius 3 is 2.53 bits per heavy atom. The quantitative estimate of drug-likeness (QED) is 0.112. The normalized spacial score (nSPS) is 10.9. The fraction of sp³-hybridized carbons (Fsp3) is 0.0909. The molecule has 0 aliphatic carbocycles. The zero-order chi connectivity index (χ0) is 30.2. The van der Waals surface area contributed by atoms with Crippen LogP contribution in [0.5, 0.6) is 5.75 Å². The topological polar surface area (TPSA) is 105 Å². The van der Waals surface area contributed by atoms with Crippen LogP contribution in [0, 0.1) is 13.8 Å². The van der Waals surface area contributed by atoms with E-state index >= 15 is 0 Å². The monoisotopic (exact) mass is 609 g/mol. The van der Waals surface area contributed by atoms with E-state index in [9.17, 15) is 9.59 Å². The molecule has 1 aromatic heterocycles. The van der Waals surface area contributed by atoms with E-state index in [1.807, 2.05) is 79.9 Å². The summed E-state index contributed by atoms with van der Waals surface area (Å²) in [5.41, 5.74) is 8.93. The summed E-state index contributed by atoms with van der Waals surface area (Å²) in [4.78, 5) is 29.9. The van der Waals surface area contributed by atoms with E-state index in [-0.39, 0.29) is 18.4 Å². The van der Waals surface area contributed by atoms with Crippen molar-refractivity contribution < 1.29 is 14.3 Å². The molecule has 0 saturated carbocycles. The number of carbonyl (C=O) groups is 2. The molecule has 0 aliphatic rings. The zero-order valence-electron chi connectivity index (χ0n) is 23.4. The number of halogens is 1. The van der Waals surface area contributed by atoms with Gasteiger partial charge in [-0.05, 0) is 67.9 Å². The molecular formula is C33H28ClN5O3S. The number of carbonyl (C=O) groups excluding carboxylic acids is 2. The number of aryl methyl sites for hydroxylation is 2. The molecule has 4 aromatic carbocycles. The molecule has 0 atom stereocenters. The van der Waals surface area contributed by atoms with Crippen molar-refractivity contribution in [1.29, 1.82) is 0 Å². The van der Waals surface area contributed by atoms with Gasteiger partial charge in [0.1, 0.15) is 5.75 Å². The van der Waals surface area contributed by atoms with Gasteiger partial charge in [0.15, 0.2) is 11.7 Å². The molecule has 0 saturated heterocycles. The van der Waals surface area contributed by atoms with Crippen LogP contribution in [-0.4, -0.2) is 29.6 Å². The van der Waals surface area contributed by atoms with E-state index in [2.05, 4.69) is 26.1 Å². The largest absolute Gasteiger partial charge is 0.483 e. The van der Waals surface area contributed by atoms with Gasteiger partial charge in [-0.25, -0.2) is 10.4 Å². The van der Waals surface area contributed by atoms with Crippen molar-refractivity contribution in [1.82, 2.24) is 10.4 Å². The summed E-state index contributed by atoms with van der Waals surface area (Å²) in [6.45, 7) is 3.71. The maximum Gasteiger partial charge on any atom is 0.271 e. The Hall–Kier alpha value is -4.99. The summed E-state index contributed by atoms with van der Waals surface area (Å²) in [5.74, 6) is -0.292. The van der Waals surface area contributed by atoms with Crippen molar-refractivity contribution in [3.05, 3.63) is 124 Å². The number of amides is 2. The van der Waals surface area contributed by atoms with Gasteiger partial charge in [-0.2, -0.15) is 5.10 Å². The van der Waals surface area contributed by atoms with Crippen LogP contribution in [0.4, 0.5) is 16.5 Å². The molecule has 0 radical (unpaired) electrons. The number of ether oxygens (including phenoxy) is 1. The van der Waals surface area contributed by atoms with Crippen LogP contribution in [0.2, 0.25) is 5.02 Å². The molecule has 3 N–H and O–H groups in total. The van der Waals surface area contributed by atoms with Crippen molar-refractivity contribution in [3.8, 4) is 17.0 Å². The first-order valence-electron chi connectivity index (χ1n) is 13.3. The molecule has 0 bridgehead atoms. The van der Waals surface area contributed by atoms with Crippen LogP contribution in [0.1, 0.15) is 27.0 Å². The van der Waals surface area contributed by atoms with Crippen molar-refractivity contribution in [2.75, 3.05) is 17.2 Å². The molecule has 5 aromatic rings. The fourth-order valence-corrected chi connectivity index (χ4v) is 5.08. The Morgan fingerprint density at radius 1 is 0.977 bits per heavy atom. The van der Waals surface area contributed by atoms with E-state index in [1.165, 1.54) is 17.6 Å². The molecule has 5 rings (SSSR count). The Bertz CT molecular complexity index is 1770. The lowest BCUT2D eigenvalue weighted by atomic mass is 10.1. The predicted molar refractivity (Wildman–Crippen MR) is 174 cm³/mol. The summed E-state index contributed by atoms with van der Waals surface area (Å²) < 4.78 is 5.74. The summed E-state index contributed by atoms with van der Waals surface area (Å²) in [5, 5.41) is 13.4. The second-order valence-electron chi connectivity index (χ2n) is 9.64. The van der Waals surface area contributed by atoms with E-state index in [4.69, 9.17) is 16.3 Å². The Balaban J connectivity index is 1.17. The van der Waals surface area contributed by atoms with E-state index in [0.29, 0.717) is 21.9 Å². The molecule has 10 heteroatoms. The number of aromatic nitrogens is 1. The van der Waals surface area contributed by atoms with Crippen molar-refractivity contribution >= 4 is 57.5 Å². The average Bonchev–Trinajstić information content (AvgIpc) is 3.47. The third-order valence-electron chi connectivity index (χ3n) is 6.33. The molecule has 43 heavy (non-hydrogen) atoms. The highest BCUT2D eigenvalue weighted by Crippen LogP contribution is 2.27. The van der Waals surface area contributed by atoms with Gasteiger partial charge in [0.05, 0.1) is 11.9 Å². The van der Waals surface area contributed by atoms with Crippen LogP contribution in [-0.2, 0) is 4.79 Å². The number of rotatable bonds is 10. The maximum atomic E-state index is 12.7. The zero-order valence-corrected chi connectivity index (χ0v) is 25.0. The van der Waals surface area contributed by atoms with Gasteiger partial charge in [0, 0.05) is 38.5 Å². The van der Waals surface area contributed by atoms with Gasteiger partial charge in [0.25, 0.3) is 11.8 Å².